The molecule has 0 radical (unpaired) electrons. The summed E-state index contributed by atoms with van der Waals surface area (Å²) in [5.41, 5.74) is 0.811. The highest BCUT2D eigenvalue weighted by atomic mass is 32.2. The number of benzene rings is 1. The third-order valence-corrected chi connectivity index (χ3v) is 5.22. The van der Waals surface area contributed by atoms with Crippen molar-refractivity contribution >= 4 is 15.9 Å². The first-order valence-electron chi connectivity index (χ1n) is 7.28. The quantitative estimate of drug-likeness (QED) is 0.914. The molecule has 0 bridgehead atoms. The Kier molecular flexibility index (Phi) is 5.18. The summed E-state index contributed by atoms with van der Waals surface area (Å²) in [5.74, 6) is -0.824. The van der Waals surface area contributed by atoms with Gasteiger partial charge in [0.15, 0.2) is 0 Å². The smallest absolute Gasteiger partial charge is 0.224 e. The molecule has 5 nitrogen and oxygen atoms in total. The van der Waals surface area contributed by atoms with E-state index in [0.717, 1.165) is 11.8 Å². The Labute approximate surface area is 130 Å². The molecule has 122 valence electrons. The third kappa shape index (κ3) is 4.27. The van der Waals surface area contributed by atoms with Gasteiger partial charge < -0.3 is 5.32 Å². The summed E-state index contributed by atoms with van der Waals surface area (Å²) >= 11 is 0. The number of halogens is 1. The molecule has 0 saturated carbocycles. The van der Waals surface area contributed by atoms with Gasteiger partial charge in [0, 0.05) is 13.1 Å². The second kappa shape index (κ2) is 6.75. The van der Waals surface area contributed by atoms with Crippen molar-refractivity contribution in [1.29, 1.82) is 0 Å². The fraction of sp³-hybridized carbons (Fsp3) is 0.533. The van der Waals surface area contributed by atoms with Crippen LogP contribution < -0.4 is 5.32 Å². The van der Waals surface area contributed by atoms with E-state index in [1.807, 2.05) is 6.92 Å². The molecule has 1 aromatic carbocycles. The minimum atomic E-state index is -3.27. The highest BCUT2D eigenvalue weighted by Gasteiger charge is 2.30. The molecule has 1 fully saturated rings. The first-order chi connectivity index (χ1) is 10.3. The fourth-order valence-corrected chi connectivity index (χ4v) is 3.54. The maximum absolute atomic E-state index is 12.9. The number of hydrogen-bond donors (Lipinski definition) is 1. The van der Waals surface area contributed by atoms with Crippen molar-refractivity contribution in [3.8, 4) is 0 Å². The highest BCUT2D eigenvalue weighted by molar-refractivity contribution is 7.88. The van der Waals surface area contributed by atoms with Gasteiger partial charge in [-0.05, 0) is 37.5 Å². The largest absolute Gasteiger partial charge is 0.349 e. The first-order valence-corrected chi connectivity index (χ1v) is 9.13. The molecule has 2 unspecified atom stereocenters. The van der Waals surface area contributed by atoms with Crippen molar-refractivity contribution < 1.29 is 17.6 Å². The van der Waals surface area contributed by atoms with E-state index in [4.69, 9.17) is 0 Å². The Morgan fingerprint density at radius 1 is 1.36 bits per heavy atom. The summed E-state index contributed by atoms with van der Waals surface area (Å²) in [4.78, 5) is 12.3. The van der Waals surface area contributed by atoms with Crippen molar-refractivity contribution in [1.82, 2.24) is 9.62 Å². The molecule has 0 aromatic heterocycles. The van der Waals surface area contributed by atoms with Gasteiger partial charge in [-0.15, -0.1) is 0 Å². The predicted molar refractivity (Wildman–Crippen MR) is 82.1 cm³/mol. The number of rotatable bonds is 4. The summed E-state index contributed by atoms with van der Waals surface area (Å²) < 4.78 is 37.4. The summed E-state index contributed by atoms with van der Waals surface area (Å²) in [6.07, 6.45) is 2.51. The van der Waals surface area contributed by atoms with Gasteiger partial charge >= 0.3 is 0 Å². The number of nitrogens with zero attached hydrogens (tertiary/aromatic N) is 1. The van der Waals surface area contributed by atoms with Crippen LogP contribution in [0.2, 0.25) is 0 Å². The fourth-order valence-electron chi connectivity index (χ4n) is 2.62. The number of nitrogens with one attached hydrogen (secondary N) is 1. The number of carbonyl (C=O) groups excluding carboxylic acids is 1. The van der Waals surface area contributed by atoms with Crippen molar-refractivity contribution in [3.63, 3.8) is 0 Å². The van der Waals surface area contributed by atoms with Crippen LogP contribution in [0.1, 0.15) is 31.4 Å². The predicted octanol–water partition coefficient (Wildman–Crippen LogP) is 1.67. The summed E-state index contributed by atoms with van der Waals surface area (Å²) in [7, 11) is -3.27. The van der Waals surface area contributed by atoms with Crippen LogP contribution in [0.4, 0.5) is 4.39 Å². The van der Waals surface area contributed by atoms with Crippen LogP contribution in [-0.4, -0.2) is 38.0 Å². The van der Waals surface area contributed by atoms with Crippen molar-refractivity contribution in [3.05, 3.63) is 35.6 Å². The highest BCUT2D eigenvalue weighted by Crippen LogP contribution is 2.20. The van der Waals surface area contributed by atoms with Crippen LogP contribution in [0.25, 0.3) is 0 Å². The van der Waals surface area contributed by atoms with E-state index < -0.39 is 10.0 Å². The van der Waals surface area contributed by atoms with Crippen LogP contribution in [0.3, 0.4) is 0 Å². The molecular formula is C15H21FN2O3S. The summed E-state index contributed by atoms with van der Waals surface area (Å²) in [6.45, 7) is 2.51. The lowest BCUT2D eigenvalue weighted by Crippen LogP contribution is -2.45. The molecule has 2 rings (SSSR count). The Morgan fingerprint density at radius 2 is 2.00 bits per heavy atom. The lowest BCUT2D eigenvalue weighted by Gasteiger charge is -2.30. The molecule has 7 heteroatoms. The number of amides is 1. The average Bonchev–Trinajstić information content (AvgIpc) is 2.47. The maximum atomic E-state index is 12.9. The molecule has 1 aliphatic rings. The number of carbonyl (C=O) groups is 1. The van der Waals surface area contributed by atoms with E-state index in [9.17, 15) is 17.6 Å². The van der Waals surface area contributed by atoms with Crippen molar-refractivity contribution in [2.45, 2.75) is 25.8 Å². The van der Waals surface area contributed by atoms with E-state index in [0.29, 0.717) is 19.4 Å². The van der Waals surface area contributed by atoms with Crippen LogP contribution in [0, 0.1) is 11.7 Å². The zero-order valence-electron chi connectivity index (χ0n) is 12.8. The van der Waals surface area contributed by atoms with Gasteiger partial charge in [0.05, 0.1) is 18.2 Å². The molecule has 1 saturated heterocycles. The zero-order chi connectivity index (χ0) is 16.3. The Hall–Kier alpha value is -1.47. The van der Waals surface area contributed by atoms with E-state index in [1.54, 1.807) is 12.1 Å². The minimum Gasteiger partial charge on any atom is -0.349 e. The molecule has 0 aliphatic carbocycles. The van der Waals surface area contributed by atoms with E-state index in [2.05, 4.69) is 5.32 Å². The monoisotopic (exact) mass is 328 g/mol. The van der Waals surface area contributed by atoms with Gasteiger partial charge in [-0.25, -0.2) is 17.1 Å². The Balaban J connectivity index is 1.98. The SMILES string of the molecule is CC(NC(=O)C1CCCN(S(C)(=O)=O)C1)c1ccc(F)cc1. The van der Waals surface area contributed by atoms with Crippen LogP contribution in [0.15, 0.2) is 24.3 Å². The first kappa shape index (κ1) is 16.9. The molecule has 22 heavy (non-hydrogen) atoms. The lowest BCUT2D eigenvalue weighted by atomic mass is 9.98. The summed E-state index contributed by atoms with van der Waals surface area (Å²) in [5, 5.41) is 2.87. The zero-order valence-corrected chi connectivity index (χ0v) is 13.6. The van der Waals surface area contributed by atoms with Gasteiger partial charge in [0.2, 0.25) is 15.9 Å². The molecule has 1 amide bonds. The Morgan fingerprint density at radius 3 is 2.59 bits per heavy atom. The number of piperidine rings is 1. The van der Waals surface area contributed by atoms with E-state index in [1.165, 1.54) is 16.4 Å². The standard InChI is InChI=1S/C15H21FN2O3S/c1-11(12-5-7-14(16)8-6-12)17-15(19)13-4-3-9-18(10-13)22(2,20)21/h5-8,11,13H,3-4,9-10H2,1-2H3,(H,17,19). The number of sulfonamides is 1. The minimum absolute atomic E-state index is 0.162. The molecule has 1 N–H and O–H groups in total. The molecule has 2 atom stereocenters. The average molecular weight is 328 g/mol. The normalized spacial score (nSPS) is 21.3. The summed E-state index contributed by atoms with van der Waals surface area (Å²) in [6, 6.07) is 5.71. The van der Waals surface area contributed by atoms with Crippen LogP contribution >= 0.6 is 0 Å². The van der Waals surface area contributed by atoms with Gasteiger partial charge in [-0.1, -0.05) is 12.1 Å². The second-order valence-corrected chi connectivity index (χ2v) is 7.72. The Bertz CT molecular complexity index is 631. The number of hydrogen-bond acceptors (Lipinski definition) is 3. The van der Waals surface area contributed by atoms with Gasteiger partial charge in [-0.3, -0.25) is 4.79 Å². The van der Waals surface area contributed by atoms with Crippen molar-refractivity contribution in [2.75, 3.05) is 19.3 Å². The van der Waals surface area contributed by atoms with Crippen LogP contribution in [-0.2, 0) is 14.8 Å². The topological polar surface area (TPSA) is 66.5 Å². The van der Waals surface area contributed by atoms with Crippen LogP contribution in [0.5, 0.6) is 0 Å². The molecule has 1 aromatic rings. The van der Waals surface area contributed by atoms with Crippen molar-refractivity contribution in [2.24, 2.45) is 5.92 Å². The molecule has 1 aliphatic heterocycles. The molecular weight excluding hydrogens is 307 g/mol. The lowest BCUT2D eigenvalue weighted by molar-refractivity contribution is -0.126. The van der Waals surface area contributed by atoms with Gasteiger partial charge in [0.25, 0.3) is 0 Å². The van der Waals surface area contributed by atoms with E-state index >= 15 is 0 Å². The molecule has 0 spiro atoms. The third-order valence-electron chi connectivity index (χ3n) is 3.95. The van der Waals surface area contributed by atoms with Gasteiger partial charge in [0.1, 0.15) is 5.82 Å². The maximum Gasteiger partial charge on any atom is 0.224 e. The van der Waals surface area contributed by atoms with Gasteiger partial charge in [-0.2, -0.15) is 0 Å². The molecule has 1 heterocycles. The van der Waals surface area contributed by atoms with E-state index in [-0.39, 0.29) is 30.2 Å². The second-order valence-electron chi connectivity index (χ2n) is 5.74.